The predicted molar refractivity (Wildman–Crippen MR) is 133 cm³/mol. The molecule has 1 fully saturated rings. The number of aliphatic carboxylic acids is 1. The summed E-state index contributed by atoms with van der Waals surface area (Å²) < 4.78 is 5.67. The van der Waals surface area contributed by atoms with E-state index in [9.17, 15) is 19.5 Å². The molecule has 0 radical (unpaired) electrons. The Morgan fingerprint density at radius 2 is 1.57 bits per heavy atom. The van der Waals surface area contributed by atoms with Crippen molar-refractivity contribution >= 4 is 18.0 Å². The fraction of sp³-hybridized carbons (Fsp3) is 0.464. The molecule has 0 aliphatic heterocycles. The van der Waals surface area contributed by atoms with Crippen LogP contribution in [0, 0.1) is 11.8 Å². The number of carbonyl (C=O) groups excluding carboxylic acids is 2. The molecule has 7 nitrogen and oxygen atoms in total. The normalized spacial score (nSPS) is 15.6. The minimum Gasteiger partial charge on any atom is -0.481 e. The van der Waals surface area contributed by atoms with Crippen molar-refractivity contribution in [1.29, 1.82) is 0 Å². The number of fused-ring (bicyclic) bond motifs is 3. The van der Waals surface area contributed by atoms with Gasteiger partial charge in [0.15, 0.2) is 0 Å². The summed E-state index contributed by atoms with van der Waals surface area (Å²) in [6, 6.07) is 16.3. The molecule has 4 rings (SSSR count). The van der Waals surface area contributed by atoms with Crippen molar-refractivity contribution in [1.82, 2.24) is 10.6 Å². The van der Waals surface area contributed by atoms with Gasteiger partial charge >= 0.3 is 12.1 Å². The Balaban J connectivity index is 1.39. The molecule has 0 spiro atoms. The minimum atomic E-state index is -1.11. The summed E-state index contributed by atoms with van der Waals surface area (Å²) in [5, 5.41) is 14.9. The molecule has 1 atom stereocenters. The first-order chi connectivity index (χ1) is 16.9. The summed E-state index contributed by atoms with van der Waals surface area (Å²) in [6.07, 6.45) is 2.20. The lowest BCUT2D eigenvalue weighted by molar-refractivity contribution is -0.138. The van der Waals surface area contributed by atoms with Crippen molar-refractivity contribution < 1.29 is 24.2 Å². The molecular weight excluding hydrogens is 444 g/mol. The molecule has 2 amide bonds. The minimum absolute atomic E-state index is 0.0377. The highest BCUT2D eigenvalue weighted by Crippen LogP contribution is 2.44. The van der Waals surface area contributed by atoms with Crippen LogP contribution < -0.4 is 10.6 Å². The van der Waals surface area contributed by atoms with E-state index < -0.39 is 17.6 Å². The largest absolute Gasteiger partial charge is 0.481 e. The summed E-state index contributed by atoms with van der Waals surface area (Å²) in [5.74, 6) is -0.955. The van der Waals surface area contributed by atoms with Crippen molar-refractivity contribution in [3.05, 3.63) is 59.7 Å². The van der Waals surface area contributed by atoms with Crippen LogP contribution in [0.15, 0.2) is 48.5 Å². The Bertz CT molecular complexity index is 1040. The van der Waals surface area contributed by atoms with Gasteiger partial charge in [0.2, 0.25) is 5.91 Å². The molecule has 0 saturated heterocycles. The number of carboxylic acids is 1. The number of rotatable bonds is 11. The molecule has 1 saturated carbocycles. The molecule has 2 aromatic rings. The fourth-order valence-electron chi connectivity index (χ4n) is 5.22. The van der Waals surface area contributed by atoms with Gasteiger partial charge < -0.3 is 20.5 Å². The van der Waals surface area contributed by atoms with Crippen LogP contribution in [0.3, 0.4) is 0 Å². The maximum absolute atomic E-state index is 13.2. The third kappa shape index (κ3) is 5.34. The highest BCUT2D eigenvalue weighted by atomic mass is 16.5. The number of carbonyl (C=O) groups is 3. The number of hydrogen-bond acceptors (Lipinski definition) is 4. The second kappa shape index (κ2) is 10.5. The van der Waals surface area contributed by atoms with E-state index >= 15 is 0 Å². The molecular formula is C28H34N2O5. The summed E-state index contributed by atoms with van der Waals surface area (Å²) in [7, 11) is 0. The highest BCUT2D eigenvalue weighted by Gasteiger charge is 2.39. The lowest BCUT2D eigenvalue weighted by Gasteiger charge is -2.32. The SMILES string of the molecule is CCC(CC)(NC(=O)OCC1c2ccccc2-c2ccccc21)C(=O)NCC(CC(=O)O)C1CC1. The lowest BCUT2D eigenvalue weighted by atomic mass is 9.91. The van der Waals surface area contributed by atoms with Crippen LogP contribution in [-0.4, -0.2) is 41.8 Å². The second-order valence-electron chi connectivity index (χ2n) is 9.65. The zero-order valence-electron chi connectivity index (χ0n) is 20.4. The van der Waals surface area contributed by atoms with Gasteiger partial charge in [0.05, 0.1) is 6.42 Å². The van der Waals surface area contributed by atoms with Crippen LogP contribution >= 0.6 is 0 Å². The van der Waals surface area contributed by atoms with Gasteiger partial charge in [-0.2, -0.15) is 0 Å². The van der Waals surface area contributed by atoms with Crippen LogP contribution in [-0.2, 0) is 14.3 Å². The number of amides is 2. The van der Waals surface area contributed by atoms with Gasteiger partial charge in [-0.25, -0.2) is 4.79 Å². The third-order valence-electron chi connectivity index (χ3n) is 7.58. The van der Waals surface area contributed by atoms with E-state index in [1.807, 2.05) is 38.1 Å². The van der Waals surface area contributed by atoms with E-state index in [-0.39, 0.29) is 30.8 Å². The Kier molecular flexibility index (Phi) is 7.43. The summed E-state index contributed by atoms with van der Waals surface area (Å²) in [6.45, 7) is 4.17. The third-order valence-corrected chi connectivity index (χ3v) is 7.58. The Morgan fingerprint density at radius 3 is 2.09 bits per heavy atom. The van der Waals surface area contributed by atoms with E-state index in [0.717, 1.165) is 35.1 Å². The molecule has 3 N–H and O–H groups in total. The Labute approximate surface area is 206 Å². The number of benzene rings is 2. The van der Waals surface area contributed by atoms with Crippen LogP contribution in [0.2, 0.25) is 0 Å². The van der Waals surface area contributed by atoms with E-state index in [1.54, 1.807) is 0 Å². The second-order valence-corrected chi connectivity index (χ2v) is 9.65. The van der Waals surface area contributed by atoms with E-state index in [2.05, 4.69) is 34.9 Å². The zero-order chi connectivity index (χ0) is 25.0. The average molecular weight is 479 g/mol. The van der Waals surface area contributed by atoms with Crippen LogP contribution in [0.1, 0.15) is 63.0 Å². The molecule has 35 heavy (non-hydrogen) atoms. The predicted octanol–water partition coefficient (Wildman–Crippen LogP) is 4.70. The van der Waals surface area contributed by atoms with Crippen molar-refractivity contribution in [3.63, 3.8) is 0 Å². The smallest absolute Gasteiger partial charge is 0.408 e. The van der Waals surface area contributed by atoms with E-state index in [4.69, 9.17) is 4.74 Å². The molecule has 186 valence electrons. The summed E-state index contributed by atoms with van der Waals surface area (Å²) in [5.41, 5.74) is 3.45. The Morgan fingerprint density at radius 1 is 1.00 bits per heavy atom. The molecule has 0 aromatic heterocycles. The first-order valence-corrected chi connectivity index (χ1v) is 12.5. The average Bonchev–Trinajstić information content (AvgIpc) is 3.66. The fourth-order valence-corrected chi connectivity index (χ4v) is 5.22. The van der Waals surface area contributed by atoms with Crippen molar-refractivity contribution in [2.45, 2.75) is 57.4 Å². The van der Waals surface area contributed by atoms with Gasteiger partial charge in [0, 0.05) is 12.5 Å². The topological polar surface area (TPSA) is 105 Å². The maximum atomic E-state index is 13.2. The van der Waals surface area contributed by atoms with Gasteiger partial charge in [-0.3, -0.25) is 9.59 Å². The van der Waals surface area contributed by atoms with Crippen LogP contribution in [0.4, 0.5) is 4.79 Å². The number of nitrogens with one attached hydrogen (secondary N) is 2. The van der Waals surface area contributed by atoms with Gasteiger partial charge in [-0.15, -0.1) is 0 Å². The zero-order valence-corrected chi connectivity index (χ0v) is 20.4. The number of ether oxygens (including phenoxy) is 1. The quantitative estimate of drug-likeness (QED) is 0.434. The molecule has 2 aromatic carbocycles. The standard InChI is InChI=1S/C28H34N2O5/c1-3-28(4-2,26(33)29-16-19(15-25(31)32)18-13-14-18)30-27(34)35-17-24-22-11-7-5-9-20(22)21-10-6-8-12-23(21)24/h5-12,18-19,24H,3-4,13-17H2,1-2H3,(H,29,33)(H,30,34)(H,31,32). The molecule has 7 heteroatoms. The molecule has 1 unspecified atom stereocenters. The summed E-state index contributed by atoms with van der Waals surface area (Å²) in [4.78, 5) is 37.2. The van der Waals surface area contributed by atoms with Gasteiger partial charge in [0.1, 0.15) is 12.1 Å². The first kappa shape index (κ1) is 24.8. The van der Waals surface area contributed by atoms with E-state index in [0.29, 0.717) is 25.3 Å². The van der Waals surface area contributed by atoms with Crippen LogP contribution in [0.25, 0.3) is 11.1 Å². The van der Waals surface area contributed by atoms with Crippen molar-refractivity contribution in [2.24, 2.45) is 11.8 Å². The lowest BCUT2D eigenvalue weighted by Crippen LogP contribution is -2.59. The molecule has 0 bridgehead atoms. The number of carboxylic acid groups (broad SMARTS) is 1. The first-order valence-electron chi connectivity index (χ1n) is 12.5. The maximum Gasteiger partial charge on any atom is 0.408 e. The van der Waals surface area contributed by atoms with Gasteiger partial charge in [-0.05, 0) is 59.8 Å². The van der Waals surface area contributed by atoms with Gasteiger partial charge in [-0.1, -0.05) is 62.4 Å². The van der Waals surface area contributed by atoms with E-state index in [1.165, 1.54) is 0 Å². The number of alkyl carbamates (subject to hydrolysis) is 1. The van der Waals surface area contributed by atoms with Crippen LogP contribution in [0.5, 0.6) is 0 Å². The molecule has 2 aliphatic carbocycles. The monoisotopic (exact) mass is 478 g/mol. The molecule has 0 heterocycles. The Hall–Kier alpha value is -3.35. The molecule has 2 aliphatic rings. The van der Waals surface area contributed by atoms with Crippen molar-refractivity contribution in [2.75, 3.05) is 13.2 Å². The highest BCUT2D eigenvalue weighted by molar-refractivity contribution is 5.90. The van der Waals surface area contributed by atoms with Gasteiger partial charge in [0.25, 0.3) is 0 Å². The summed E-state index contributed by atoms with van der Waals surface area (Å²) >= 11 is 0. The number of hydrogen-bond donors (Lipinski definition) is 3. The van der Waals surface area contributed by atoms with Crippen molar-refractivity contribution in [3.8, 4) is 11.1 Å².